The summed E-state index contributed by atoms with van der Waals surface area (Å²) in [5.41, 5.74) is 0. The number of hydrogen-bond acceptors (Lipinski definition) is 2. The first-order valence-electron chi connectivity index (χ1n) is 8.54. The minimum absolute atomic E-state index is 0.0255. The maximum atomic E-state index is 11.2. The topological polar surface area (TPSA) is 26.3 Å². The fourth-order valence-corrected chi connectivity index (χ4v) is 2.80. The minimum atomic E-state index is -0.145. The number of rotatable bonds is 14. The maximum Gasteiger partial charge on any atom is 0.320 e. The Morgan fingerprint density at radius 3 is 1.65 bits per heavy atom. The molecule has 0 aliphatic heterocycles. The highest BCUT2D eigenvalue weighted by atomic mass is 79.9. The molecule has 120 valence electrons. The van der Waals surface area contributed by atoms with Gasteiger partial charge in [0.1, 0.15) is 0 Å². The molecule has 3 heteroatoms. The third-order valence-corrected chi connectivity index (χ3v) is 4.29. The van der Waals surface area contributed by atoms with Crippen molar-refractivity contribution in [3.05, 3.63) is 0 Å². The molecule has 0 N–H and O–H groups in total. The molecule has 0 heterocycles. The summed E-state index contributed by atoms with van der Waals surface area (Å²) >= 11 is 2.74. The van der Waals surface area contributed by atoms with Crippen molar-refractivity contribution < 1.29 is 8.62 Å². The van der Waals surface area contributed by atoms with Gasteiger partial charge in [-0.25, -0.2) is 0 Å². The van der Waals surface area contributed by atoms with Crippen LogP contribution in [-0.4, -0.2) is 5.97 Å². The first-order chi connectivity index (χ1) is 9.72. The molecule has 0 fully saturated rings. The number of halogens is 1. The molecule has 0 amide bonds. The minimum Gasteiger partial charge on any atom is -0.383 e. The van der Waals surface area contributed by atoms with Gasteiger partial charge in [0.15, 0.2) is 16.3 Å². The van der Waals surface area contributed by atoms with Crippen LogP contribution in [0, 0.1) is 5.92 Å². The van der Waals surface area contributed by atoms with Crippen LogP contribution in [-0.2, 0) is 8.62 Å². The van der Waals surface area contributed by atoms with Gasteiger partial charge in [0, 0.05) is 0 Å². The van der Waals surface area contributed by atoms with Crippen LogP contribution in [0.15, 0.2) is 0 Å². The first kappa shape index (κ1) is 19.9. The largest absolute Gasteiger partial charge is 0.383 e. The Labute approximate surface area is 134 Å². The van der Waals surface area contributed by atoms with Crippen LogP contribution < -0.4 is 0 Å². The van der Waals surface area contributed by atoms with Gasteiger partial charge in [0.2, 0.25) is 0 Å². The average molecular weight is 349 g/mol. The van der Waals surface area contributed by atoms with E-state index >= 15 is 0 Å². The number of carbonyl (C=O) groups is 1. The van der Waals surface area contributed by atoms with Crippen LogP contribution >= 0.6 is 16.3 Å². The Bertz CT molecular complexity index is 219. The molecule has 0 aliphatic carbocycles. The summed E-state index contributed by atoms with van der Waals surface area (Å²) < 4.78 is 4.54. The van der Waals surface area contributed by atoms with E-state index in [-0.39, 0.29) is 11.9 Å². The molecule has 1 unspecified atom stereocenters. The van der Waals surface area contributed by atoms with E-state index in [2.05, 4.69) is 27.0 Å². The lowest BCUT2D eigenvalue weighted by molar-refractivity contribution is -0.136. The van der Waals surface area contributed by atoms with Crippen molar-refractivity contribution >= 4 is 22.2 Å². The van der Waals surface area contributed by atoms with Gasteiger partial charge in [-0.05, 0) is 6.42 Å². The number of carbonyl (C=O) groups excluding carboxylic acids is 1. The van der Waals surface area contributed by atoms with Gasteiger partial charge < -0.3 is 3.83 Å². The Morgan fingerprint density at radius 1 is 0.850 bits per heavy atom. The molecular formula is C17H33BrO2. The summed E-state index contributed by atoms with van der Waals surface area (Å²) in [5.74, 6) is -0.120. The summed E-state index contributed by atoms with van der Waals surface area (Å²) in [7, 11) is 0. The molecule has 0 saturated carbocycles. The zero-order chi connectivity index (χ0) is 15.1. The molecule has 2 nitrogen and oxygen atoms in total. The summed E-state index contributed by atoms with van der Waals surface area (Å²) in [6.45, 7) is 4.20. The SMILES string of the molecule is CCCCCCCCCCCCCCC(C)C(=O)OBr. The smallest absolute Gasteiger partial charge is 0.320 e. The normalized spacial score (nSPS) is 12.3. The van der Waals surface area contributed by atoms with Crippen molar-refractivity contribution in [2.24, 2.45) is 5.92 Å². The van der Waals surface area contributed by atoms with Crippen molar-refractivity contribution in [1.82, 2.24) is 0 Å². The fourth-order valence-electron chi connectivity index (χ4n) is 2.49. The second-order valence-electron chi connectivity index (χ2n) is 5.97. The Kier molecular flexibility index (Phi) is 15.3. The van der Waals surface area contributed by atoms with Gasteiger partial charge in [-0.15, -0.1) is 0 Å². The van der Waals surface area contributed by atoms with E-state index < -0.39 is 0 Å². The molecule has 0 aromatic rings. The fraction of sp³-hybridized carbons (Fsp3) is 0.941. The highest BCUT2D eigenvalue weighted by Gasteiger charge is 2.12. The van der Waals surface area contributed by atoms with Crippen molar-refractivity contribution in [3.8, 4) is 0 Å². The van der Waals surface area contributed by atoms with Crippen LogP contribution in [0.5, 0.6) is 0 Å². The Morgan fingerprint density at radius 2 is 1.25 bits per heavy atom. The van der Waals surface area contributed by atoms with Crippen LogP contribution in [0.1, 0.15) is 97.3 Å². The van der Waals surface area contributed by atoms with Gasteiger partial charge in [-0.3, -0.25) is 4.79 Å². The van der Waals surface area contributed by atoms with E-state index in [9.17, 15) is 4.79 Å². The standard InChI is InChI=1S/C17H33BrO2/c1-3-4-5-6-7-8-9-10-11-12-13-14-15-16(2)17(19)20-18/h16H,3-15H2,1-2H3. The zero-order valence-electron chi connectivity index (χ0n) is 13.5. The zero-order valence-corrected chi connectivity index (χ0v) is 15.1. The van der Waals surface area contributed by atoms with E-state index in [4.69, 9.17) is 0 Å². The first-order valence-corrected chi connectivity index (χ1v) is 9.19. The summed E-state index contributed by atoms with van der Waals surface area (Å²) in [4.78, 5) is 11.2. The van der Waals surface area contributed by atoms with Gasteiger partial charge >= 0.3 is 5.97 Å². The predicted molar refractivity (Wildman–Crippen MR) is 89.9 cm³/mol. The van der Waals surface area contributed by atoms with Crippen LogP contribution in [0.25, 0.3) is 0 Å². The molecule has 20 heavy (non-hydrogen) atoms. The Hall–Kier alpha value is -0.0500. The lowest BCUT2D eigenvalue weighted by Crippen LogP contribution is -2.09. The molecule has 0 radical (unpaired) electrons. The van der Waals surface area contributed by atoms with E-state index in [1.54, 1.807) is 0 Å². The molecule has 0 aliphatic rings. The maximum absolute atomic E-state index is 11.2. The van der Waals surface area contributed by atoms with E-state index in [0.717, 1.165) is 12.8 Å². The predicted octanol–water partition coefficient (Wildman–Crippen LogP) is 6.57. The summed E-state index contributed by atoms with van der Waals surface area (Å²) in [5, 5.41) is 0. The van der Waals surface area contributed by atoms with E-state index in [1.807, 2.05) is 6.92 Å². The van der Waals surface area contributed by atoms with Crippen LogP contribution in [0.2, 0.25) is 0 Å². The van der Waals surface area contributed by atoms with Crippen LogP contribution in [0.4, 0.5) is 0 Å². The lowest BCUT2D eigenvalue weighted by Gasteiger charge is -2.07. The molecule has 0 rings (SSSR count). The second-order valence-corrected chi connectivity index (χ2v) is 6.30. The van der Waals surface area contributed by atoms with Crippen LogP contribution in [0.3, 0.4) is 0 Å². The van der Waals surface area contributed by atoms with Crippen molar-refractivity contribution in [1.29, 1.82) is 0 Å². The highest BCUT2D eigenvalue weighted by Crippen LogP contribution is 2.15. The molecule has 0 saturated heterocycles. The third-order valence-electron chi connectivity index (χ3n) is 3.97. The molecular weight excluding hydrogens is 316 g/mol. The average Bonchev–Trinajstić information content (AvgIpc) is 2.47. The third kappa shape index (κ3) is 13.0. The van der Waals surface area contributed by atoms with Gasteiger partial charge in [0.25, 0.3) is 0 Å². The molecule has 1 atom stereocenters. The number of unbranched alkanes of at least 4 members (excludes halogenated alkanes) is 11. The summed E-state index contributed by atoms with van der Waals surface area (Å²) in [6, 6.07) is 0. The van der Waals surface area contributed by atoms with Gasteiger partial charge in [-0.2, -0.15) is 0 Å². The van der Waals surface area contributed by atoms with Crippen molar-refractivity contribution in [2.45, 2.75) is 97.3 Å². The number of hydrogen-bond donors (Lipinski definition) is 0. The molecule has 0 bridgehead atoms. The van der Waals surface area contributed by atoms with E-state index in [0.29, 0.717) is 0 Å². The molecule has 0 spiro atoms. The van der Waals surface area contributed by atoms with E-state index in [1.165, 1.54) is 70.6 Å². The lowest BCUT2D eigenvalue weighted by atomic mass is 10.0. The Balaban J connectivity index is 3.11. The summed E-state index contributed by atoms with van der Waals surface area (Å²) in [6.07, 6.45) is 17.2. The molecule has 0 aromatic heterocycles. The highest BCUT2D eigenvalue weighted by molar-refractivity contribution is 9.06. The monoisotopic (exact) mass is 348 g/mol. The second kappa shape index (κ2) is 15.3. The van der Waals surface area contributed by atoms with Gasteiger partial charge in [-0.1, -0.05) is 90.9 Å². The quantitative estimate of drug-likeness (QED) is 0.332. The van der Waals surface area contributed by atoms with Crippen molar-refractivity contribution in [2.75, 3.05) is 0 Å². The molecule has 0 aromatic carbocycles. The van der Waals surface area contributed by atoms with Gasteiger partial charge in [0.05, 0.1) is 5.92 Å². The van der Waals surface area contributed by atoms with Crippen molar-refractivity contribution in [3.63, 3.8) is 0 Å².